The first-order chi connectivity index (χ1) is 11.0. The van der Waals surface area contributed by atoms with Crippen LogP contribution in [0.3, 0.4) is 0 Å². The minimum Gasteiger partial charge on any atom is -0.336 e. The Morgan fingerprint density at radius 1 is 1.22 bits per heavy atom. The van der Waals surface area contributed by atoms with Crippen molar-refractivity contribution < 1.29 is 13.2 Å². The van der Waals surface area contributed by atoms with Gasteiger partial charge in [0.25, 0.3) is 0 Å². The van der Waals surface area contributed by atoms with E-state index in [1.807, 2.05) is 29.2 Å². The van der Waals surface area contributed by atoms with Crippen molar-refractivity contribution in [3.63, 3.8) is 0 Å². The van der Waals surface area contributed by atoms with Gasteiger partial charge in [-0.15, -0.1) is 0 Å². The van der Waals surface area contributed by atoms with Crippen LogP contribution in [0.2, 0.25) is 5.02 Å². The average Bonchev–Trinajstić information content (AvgIpc) is 3.11. The summed E-state index contributed by atoms with van der Waals surface area (Å²) in [4.78, 5) is 14.4. The summed E-state index contributed by atoms with van der Waals surface area (Å²) >= 11 is 6.27. The van der Waals surface area contributed by atoms with Crippen LogP contribution >= 0.6 is 11.6 Å². The third-order valence-electron chi connectivity index (χ3n) is 4.62. The molecule has 0 bridgehead atoms. The van der Waals surface area contributed by atoms with Gasteiger partial charge in [0.05, 0.1) is 11.8 Å². The second-order valence-electron chi connectivity index (χ2n) is 6.09. The molecule has 23 heavy (non-hydrogen) atoms. The lowest BCUT2D eigenvalue weighted by molar-refractivity contribution is -0.132. The summed E-state index contributed by atoms with van der Waals surface area (Å²) in [5.41, 5.74) is 0.980. The fraction of sp³-hybridized carbons (Fsp3) is 0.562. The molecule has 0 radical (unpaired) electrons. The third-order valence-corrected chi connectivity index (χ3v) is 6.92. The Morgan fingerprint density at radius 2 is 2.00 bits per heavy atom. The summed E-state index contributed by atoms with van der Waals surface area (Å²) in [5, 5.41) is 0.680. The molecule has 0 N–H and O–H groups in total. The van der Waals surface area contributed by atoms with Crippen LogP contribution in [0.4, 0.5) is 0 Å². The Kier molecular flexibility index (Phi) is 4.94. The van der Waals surface area contributed by atoms with Crippen molar-refractivity contribution in [2.45, 2.75) is 31.7 Å². The molecule has 2 aliphatic rings. The molecule has 5 nitrogen and oxygen atoms in total. The quantitative estimate of drug-likeness (QED) is 0.832. The van der Waals surface area contributed by atoms with E-state index in [2.05, 4.69) is 0 Å². The molecule has 2 fully saturated rings. The fourth-order valence-corrected chi connectivity index (χ4v) is 5.23. The monoisotopic (exact) mass is 356 g/mol. The fourth-order valence-electron chi connectivity index (χ4n) is 3.44. The minimum absolute atomic E-state index is 0.00591. The van der Waals surface area contributed by atoms with Crippen LogP contribution in [0.5, 0.6) is 0 Å². The highest BCUT2D eigenvalue weighted by Crippen LogP contribution is 2.36. The second kappa shape index (κ2) is 6.79. The third kappa shape index (κ3) is 3.54. The van der Waals surface area contributed by atoms with E-state index in [1.54, 1.807) is 0 Å². The highest BCUT2D eigenvalue weighted by Gasteiger charge is 2.33. The molecule has 2 heterocycles. The van der Waals surface area contributed by atoms with Gasteiger partial charge in [0, 0.05) is 31.1 Å². The van der Waals surface area contributed by atoms with E-state index in [0.29, 0.717) is 24.5 Å². The van der Waals surface area contributed by atoms with Crippen molar-refractivity contribution in [3.8, 4) is 0 Å². The van der Waals surface area contributed by atoms with E-state index in [-0.39, 0.29) is 30.7 Å². The highest BCUT2D eigenvalue weighted by molar-refractivity contribution is 7.89. The smallest absolute Gasteiger partial charge is 0.224 e. The number of amides is 1. The van der Waals surface area contributed by atoms with Crippen LogP contribution in [-0.4, -0.2) is 48.9 Å². The van der Waals surface area contributed by atoms with E-state index < -0.39 is 10.0 Å². The van der Waals surface area contributed by atoms with Gasteiger partial charge in [0.1, 0.15) is 0 Å². The lowest BCUT2D eigenvalue weighted by Crippen LogP contribution is -2.35. The number of carbonyl (C=O) groups excluding carboxylic acids is 1. The van der Waals surface area contributed by atoms with Crippen LogP contribution in [0, 0.1) is 0 Å². The summed E-state index contributed by atoms with van der Waals surface area (Å²) in [5.74, 6) is 0.210. The van der Waals surface area contributed by atoms with Crippen LogP contribution in [0.1, 0.15) is 37.3 Å². The molecule has 126 valence electrons. The first kappa shape index (κ1) is 16.7. The highest BCUT2D eigenvalue weighted by atomic mass is 35.5. The molecule has 7 heteroatoms. The Hall–Kier alpha value is -1.11. The van der Waals surface area contributed by atoms with Crippen molar-refractivity contribution in [2.24, 2.45) is 0 Å². The molecule has 1 aromatic carbocycles. The predicted octanol–water partition coefficient (Wildman–Crippen LogP) is 2.43. The molecule has 0 saturated carbocycles. The maximum absolute atomic E-state index is 12.6. The Morgan fingerprint density at radius 3 is 2.70 bits per heavy atom. The first-order valence-corrected chi connectivity index (χ1v) is 9.99. The van der Waals surface area contributed by atoms with E-state index >= 15 is 0 Å². The van der Waals surface area contributed by atoms with Gasteiger partial charge in [-0.1, -0.05) is 29.8 Å². The van der Waals surface area contributed by atoms with E-state index in [1.165, 1.54) is 4.31 Å². The molecule has 3 rings (SSSR count). The maximum atomic E-state index is 12.6. The number of benzene rings is 1. The first-order valence-electron chi connectivity index (χ1n) is 8.01. The Labute approximate surface area is 142 Å². The van der Waals surface area contributed by atoms with Crippen LogP contribution < -0.4 is 0 Å². The van der Waals surface area contributed by atoms with Crippen LogP contribution in [0.15, 0.2) is 24.3 Å². The number of halogens is 1. The molecular formula is C16H21ClN2O3S. The van der Waals surface area contributed by atoms with Crippen molar-refractivity contribution in [3.05, 3.63) is 34.9 Å². The topological polar surface area (TPSA) is 57.7 Å². The number of carbonyl (C=O) groups is 1. The number of sulfonamides is 1. The van der Waals surface area contributed by atoms with Gasteiger partial charge in [-0.25, -0.2) is 12.7 Å². The molecular weight excluding hydrogens is 336 g/mol. The molecule has 0 unspecified atom stereocenters. The van der Waals surface area contributed by atoms with Gasteiger partial charge in [-0.2, -0.15) is 0 Å². The molecule has 2 saturated heterocycles. The van der Waals surface area contributed by atoms with Gasteiger partial charge in [-0.05, 0) is 30.9 Å². The Bertz CT molecular complexity index is 692. The van der Waals surface area contributed by atoms with Gasteiger partial charge >= 0.3 is 0 Å². The van der Waals surface area contributed by atoms with Gasteiger partial charge in [-0.3, -0.25) is 4.79 Å². The zero-order valence-corrected chi connectivity index (χ0v) is 14.5. The molecule has 0 aliphatic carbocycles. The predicted molar refractivity (Wildman–Crippen MR) is 89.7 cm³/mol. The number of hydrogen-bond donors (Lipinski definition) is 0. The van der Waals surface area contributed by atoms with Crippen molar-refractivity contribution in [2.75, 3.05) is 25.4 Å². The summed E-state index contributed by atoms with van der Waals surface area (Å²) < 4.78 is 25.1. The number of nitrogens with zero attached hydrogens (tertiary/aromatic N) is 2. The zero-order valence-electron chi connectivity index (χ0n) is 12.9. The molecule has 2 aliphatic heterocycles. The summed E-state index contributed by atoms with van der Waals surface area (Å²) in [6.45, 7) is 1.53. The number of rotatable bonds is 4. The molecule has 1 atom stereocenters. The van der Waals surface area contributed by atoms with Crippen molar-refractivity contribution in [1.82, 2.24) is 9.21 Å². The van der Waals surface area contributed by atoms with E-state index in [9.17, 15) is 13.2 Å². The summed E-state index contributed by atoms with van der Waals surface area (Å²) in [7, 11) is -3.14. The molecule has 0 spiro atoms. The summed E-state index contributed by atoms with van der Waals surface area (Å²) in [6.07, 6.45) is 2.74. The second-order valence-corrected chi connectivity index (χ2v) is 8.58. The number of hydrogen-bond acceptors (Lipinski definition) is 3. The largest absolute Gasteiger partial charge is 0.336 e. The van der Waals surface area contributed by atoms with Crippen molar-refractivity contribution >= 4 is 27.5 Å². The van der Waals surface area contributed by atoms with Gasteiger partial charge in [0.15, 0.2) is 0 Å². The lowest BCUT2D eigenvalue weighted by Gasteiger charge is -2.26. The zero-order chi connectivity index (χ0) is 16.4. The van der Waals surface area contributed by atoms with E-state index in [4.69, 9.17) is 11.6 Å². The normalized spacial score (nSPS) is 24.2. The van der Waals surface area contributed by atoms with Gasteiger partial charge < -0.3 is 4.90 Å². The van der Waals surface area contributed by atoms with Crippen molar-refractivity contribution in [1.29, 1.82) is 0 Å². The Balaban J connectivity index is 1.66. The minimum atomic E-state index is -3.14. The molecule has 1 amide bonds. The lowest BCUT2D eigenvalue weighted by atomic mass is 10.0. The molecule has 0 aromatic heterocycles. The average molecular weight is 357 g/mol. The van der Waals surface area contributed by atoms with Crippen LogP contribution in [0.25, 0.3) is 0 Å². The van der Waals surface area contributed by atoms with E-state index in [0.717, 1.165) is 18.4 Å². The SMILES string of the molecule is O=C(CCN1CCCS1(=O)=O)N1CCC[C@@H]1c1ccccc1Cl. The van der Waals surface area contributed by atoms with Gasteiger partial charge in [0.2, 0.25) is 15.9 Å². The molecule has 1 aromatic rings. The van der Waals surface area contributed by atoms with Crippen LogP contribution in [-0.2, 0) is 14.8 Å². The standard InChI is InChI=1S/C16H21ClN2O3S/c17-14-6-2-1-5-13(14)15-7-3-10-19(15)16(20)8-11-18-9-4-12-23(18,21)22/h1-2,5-6,15H,3-4,7-12H2/t15-/m1/s1. The maximum Gasteiger partial charge on any atom is 0.224 e. The number of likely N-dealkylation sites (tertiary alicyclic amines) is 1. The summed E-state index contributed by atoms with van der Waals surface area (Å²) in [6, 6.07) is 7.62.